The zero-order valence-corrected chi connectivity index (χ0v) is 44.6. The SMILES string of the molecule is C/C=C(/C)C(=O)O[C@H]1[C@H](OC(=O)C(C)CC)[C@@]2(CO)C(CC1(C)C)C1=CCC3[C@@]4(C)CCC(OC5OC(C(=O)OC)C(O)C(OC6OCC(O)C(O)C6O)C5O)C(C)(C)C4CC[C@@]3(C)[C@]1(C)C[C@H]2OC(C)=O. The summed E-state index contributed by atoms with van der Waals surface area (Å²) in [6.07, 6.45) is -9.51. The van der Waals surface area contributed by atoms with Crippen LogP contribution in [-0.2, 0) is 57.1 Å². The standard InChI is InChI=1S/C54H84O18/c1-14-26(3)44(62)71-42-43(72-45(63)27(4)15-2)54(25-55)30(22-49(42,6)7)29-16-17-33-51(10)20-19-34(50(8,9)32(51)18-21-52(33,11)53(29,12)23-35(54)67-28(5)56)68-48-39(61)40(38(60)41(70-48)46(64)65-13)69-47-37(59)36(58)31(57)24-66-47/h14,16,27,30-43,47-48,55,57-61H,15,17-25H2,1-13H3/b26-14-/t27?,30?,31?,32?,33?,34?,35-,36?,37?,38?,39?,40?,41?,42+,43+,47?,48?,51+,52-,53-,54+/m1/s1. The number of allylic oxidation sites excluding steroid dienone is 3. The van der Waals surface area contributed by atoms with Crippen molar-refractivity contribution in [1.82, 2.24) is 0 Å². The van der Waals surface area contributed by atoms with E-state index in [1.807, 2.05) is 20.8 Å². The molecule has 0 amide bonds. The fourth-order valence-corrected chi connectivity index (χ4v) is 15.1. The number of esters is 4. The van der Waals surface area contributed by atoms with E-state index < -0.39 is 150 Å². The van der Waals surface area contributed by atoms with E-state index in [1.54, 1.807) is 26.8 Å². The molecule has 18 nitrogen and oxygen atoms in total. The highest BCUT2D eigenvalue weighted by atomic mass is 16.7. The molecule has 6 fully saturated rings. The molecular weight excluding hydrogens is 937 g/mol. The third-order valence-corrected chi connectivity index (χ3v) is 19.8. The molecule has 0 aromatic carbocycles. The van der Waals surface area contributed by atoms with Gasteiger partial charge in [0.15, 0.2) is 24.8 Å². The Balaban J connectivity index is 1.22. The first-order valence-electron chi connectivity index (χ1n) is 26.1. The predicted octanol–water partition coefficient (Wildman–Crippen LogP) is 4.21. The second-order valence-electron chi connectivity index (χ2n) is 24.3. The van der Waals surface area contributed by atoms with Gasteiger partial charge in [-0.3, -0.25) is 9.59 Å². The largest absolute Gasteiger partial charge is 0.467 e. The van der Waals surface area contributed by atoms with Gasteiger partial charge in [0.25, 0.3) is 0 Å². The van der Waals surface area contributed by atoms with Gasteiger partial charge < -0.3 is 68.5 Å². The van der Waals surface area contributed by atoms with E-state index in [0.717, 1.165) is 25.5 Å². The third kappa shape index (κ3) is 9.10. The molecule has 5 aliphatic carbocycles. The van der Waals surface area contributed by atoms with Crippen LogP contribution in [0.25, 0.3) is 0 Å². The number of carbonyl (C=O) groups excluding carboxylic acids is 4. The summed E-state index contributed by atoms with van der Waals surface area (Å²) in [5.41, 5.74) is -2.43. The molecule has 18 heteroatoms. The van der Waals surface area contributed by atoms with E-state index in [4.69, 9.17) is 37.9 Å². The Hall–Kier alpha value is -3.04. The molecule has 2 aliphatic heterocycles. The first-order chi connectivity index (χ1) is 33.6. The van der Waals surface area contributed by atoms with E-state index in [0.29, 0.717) is 44.1 Å². The second kappa shape index (κ2) is 20.5. The Bertz CT molecular complexity index is 2100. The van der Waals surface area contributed by atoms with E-state index in [2.05, 4.69) is 40.7 Å². The predicted molar refractivity (Wildman–Crippen MR) is 257 cm³/mol. The summed E-state index contributed by atoms with van der Waals surface area (Å²) in [7, 11) is 1.12. The Morgan fingerprint density at radius 3 is 2.11 bits per heavy atom. The van der Waals surface area contributed by atoms with Crippen LogP contribution in [0.5, 0.6) is 0 Å². The van der Waals surface area contributed by atoms with Crippen molar-refractivity contribution in [2.75, 3.05) is 20.3 Å². The van der Waals surface area contributed by atoms with Crippen LogP contribution in [0.2, 0.25) is 0 Å². The van der Waals surface area contributed by atoms with Crippen molar-refractivity contribution in [3.8, 4) is 0 Å². The molecular formula is C54H84O18. The number of ether oxygens (including phenoxy) is 8. The fourth-order valence-electron chi connectivity index (χ4n) is 15.1. The lowest BCUT2D eigenvalue weighted by molar-refractivity contribution is -0.357. The van der Waals surface area contributed by atoms with Crippen LogP contribution in [0.3, 0.4) is 0 Å². The number of hydrogen-bond acceptors (Lipinski definition) is 18. The van der Waals surface area contributed by atoms with Crippen LogP contribution in [-0.4, -0.2) is 155 Å². The molecule has 0 aromatic rings. The quantitative estimate of drug-likeness (QED) is 0.0526. The topological polar surface area (TPSA) is 263 Å². The molecule has 7 rings (SSSR count). The van der Waals surface area contributed by atoms with Crippen molar-refractivity contribution in [2.45, 2.75) is 214 Å². The summed E-state index contributed by atoms with van der Waals surface area (Å²) in [4.78, 5) is 54.1. The highest BCUT2D eigenvalue weighted by molar-refractivity contribution is 5.88. The highest BCUT2D eigenvalue weighted by Crippen LogP contribution is 2.76. The molecule has 2 heterocycles. The number of aliphatic hydroxyl groups excluding tert-OH is 6. The summed E-state index contributed by atoms with van der Waals surface area (Å²) < 4.78 is 48.3. The van der Waals surface area contributed by atoms with Gasteiger partial charge in [-0.15, -0.1) is 0 Å². The number of methoxy groups -OCH3 is 1. The molecule has 0 bridgehead atoms. The molecule has 0 radical (unpaired) electrons. The van der Waals surface area contributed by atoms with Gasteiger partial charge in [-0.25, -0.2) is 9.59 Å². The van der Waals surface area contributed by atoms with E-state index >= 15 is 0 Å². The maximum Gasteiger partial charge on any atom is 0.337 e. The van der Waals surface area contributed by atoms with Crippen molar-refractivity contribution in [3.63, 3.8) is 0 Å². The Morgan fingerprint density at radius 2 is 1.50 bits per heavy atom. The zero-order valence-electron chi connectivity index (χ0n) is 44.6. The van der Waals surface area contributed by atoms with Crippen LogP contribution in [0.15, 0.2) is 23.3 Å². The fraction of sp³-hybridized carbons (Fsp3) is 0.852. The minimum absolute atomic E-state index is 0.0623. The first-order valence-corrected chi connectivity index (χ1v) is 26.1. The number of rotatable bonds is 12. The van der Waals surface area contributed by atoms with E-state index in [1.165, 1.54) is 6.92 Å². The number of carbonyl (C=O) groups is 4. The zero-order chi connectivity index (χ0) is 53.4. The van der Waals surface area contributed by atoms with Crippen molar-refractivity contribution >= 4 is 23.9 Å². The Labute approximate surface area is 424 Å². The molecule has 7 aliphatic rings. The minimum atomic E-state index is -1.80. The minimum Gasteiger partial charge on any atom is -0.467 e. The van der Waals surface area contributed by atoms with Gasteiger partial charge in [-0.1, -0.05) is 80.0 Å². The van der Waals surface area contributed by atoms with Crippen LogP contribution < -0.4 is 0 Å². The summed E-state index contributed by atoms with van der Waals surface area (Å²) in [6.45, 7) is 22.8. The second-order valence-corrected chi connectivity index (χ2v) is 24.3. The molecule has 0 spiro atoms. The van der Waals surface area contributed by atoms with Gasteiger partial charge in [0.05, 0.1) is 37.8 Å². The lowest BCUT2D eigenvalue weighted by Gasteiger charge is -2.72. The summed E-state index contributed by atoms with van der Waals surface area (Å²) >= 11 is 0. The molecule has 0 aromatic heterocycles. The monoisotopic (exact) mass is 1020 g/mol. The molecule has 6 N–H and O–H groups in total. The van der Waals surface area contributed by atoms with Crippen molar-refractivity contribution in [2.24, 2.45) is 56.2 Å². The Kier molecular flexibility index (Phi) is 16.1. The van der Waals surface area contributed by atoms with E-state index in [9.17, 15) is 49.8 Å². The van der Waals surface area contributed by atoms with E-state index in [-0.39, 0.29) is 22.7 Å². The molecule has 408 valence electrons. The van der Waals surface area contributed by atoms with Gasteiger partial charge in [-0.05, 0) is 105 Å². The van der Waals surface area contributed by atoms with Crippen LogP contribution in [0.4, 0.5) is 0 Å². The highest BCUT2D eigenvalue weighted by Gasteiger charge is 2.75. The average Bonchev–Trinajstić information content (AvgIpc) is 3.31. The summed E-state index contributed by atoms with van der Waals surface area (Å²) in [5.74, 6) is -3.30. The van der Waals surface area contributed by atoms with Gasteiger partial charge in [-0.2, -0.15) is 0 Å². The maximum absolute atomic E-state index is 14.0. The van der Waals surface area contributed by atoms with Crippen molar-refractivity contribution in [3.05, 3.63) is 23.3 Å². The maximum atomic E-state index is 14.0. The van der Waals surface area contributed by atoms with Crippen molar-refractivity contribution < 1.29 is 87.7 Å². The normalized spacial score (nSPS) is 45.9. The number of fused-ring (bicyclic) bond motifs is 7. The lowest BCUT2D eigenvalue weighted by atomic mass is 9.33. The number of hydrogen-bond donors (Lipinski definition) is 6. The smallest absolute Gasteiger partial charge is 0.337 e. The molecule has 72 heavy (non-hydrogen) atoms. The first kappa shape index (κ1) is 56.7. The van der Waals surface area contributed by atoms with Crippen LogP contribution in [0, 0.1) is 56.2 Å². The van der Waals surface area contributed by atoms with Gasteiger partial charge in [0.1, 0.15) is 48.8 Å². The van der Waals surface area contributed by atoms with Crippen molar-refractivity contribution in [1.29, 1.82) is 0 Å². The van der Waals surface area contributed by atoms with Crippen LogP contribution >= 0.6 is 0 Å². The van der Waals surface area contributed by atoms with Gasteiger partial charge in [0, 0.05) is 17.9 Å². The molecule has 2 saturated heterocycles. The summed E-state index contributed by atoms with van der Waals surface area (Å²) in [5, 5.41) is 66.1. The molecule has 14 unspecified atom stereocenters. The lowest BCUT2D eigenvalue weighted by Crippen LogP contribution is -2.73. The number of aliphatic hydroxyl groups is 6. The third-order valence-electron chi connectivity index (χ3n) is 19.8. The van der Waals surface area contributed by atoms with Crippen LogP contribution in [0.1, 0.15) is 134 Å². The van der Waals surface area contributed by atoms with Gasteiger partial charge >= 0.3 is 23.9 Å². The molecule has 21 atom stereocenters. The summed E-state index contributed by atoms with van der Waals surface area (Å²) in [6, 6.07) is 0. The van der Waals surface area contributed by atoms with Gasteiger partial charge in [0.2, 0.25) is 0 Å². The average molecular weight is 1020 g/mol. The molecule has 4 saturated carbocycles. The Morgan fingerprint density at radius 1 is 0.819 bits per heavy atom.